The van der Waals surface area contributed by atoms with E-state index in [1.165, 1.54) is 5.01 Å². The van der Waals surface area contributed by atoms with E-state index in [2.05, 4.69) is 10.6 Å². The van der Waals surface area contributed by atoms with Gasteiger partial charge in [-0.15, -0.1) is 5.01 Å². The second kappa shape index (κ2) is 14.5. The minimum Gasteiger partial charge on any atom is -0.569 e. The first-order valence-electron chi connectivity index (χ1n) is 8.14. The highest BCUT2D eigenvalue weighted by Gasteiger charge is 2.15. The van der Waals surface area contributed by atoms with E-state index < -0.39 is 5.97 Å². The summed E-state index contributed by atoms with van der Waals surface area (Å²) in [6.45, 7) is 5.79. The van der Waals surface area contributed by atoms with Crippen LogP contribution in [0.25, 0.3) is 0 Å². The third-order valence-electron chi connectivity index (χ3n) is 3.03. The molecule has 2 N–H and O–H groups in total. The number of nitrogens with one attached hydrogen (secondary N) is 1. The summed E-state index contributed by atoms with van der Waals surface area (Å²) in [5, 5.41) is 26.8. The van der Waals surface area contributed by atoms with Gasteiger partial charge in [0.2, 0.25) is 5.28 Å². The Morgan fingerprint density at radius 2 is 1.71 bits per heavy atom. The summed E-state index contributed by atoms with van der Waals surface area (Å²) >= 11 is 0. The van der Waals surface area contributed by atoms with E-state index in [1.807, 2.05) is 0 Å². The summed E-state index contributed by atoms with van der Waals surface area (Å²) in [6.07, 6.45) is 1.78. The predicted molar refractivity (Wildman–Crippen MR) is 84.0 cm³/mol. The van der Waals surface area contributed by atoms with Gasteiger partial charge in [0, 0.05) is 6.54 Å². The normalized spacial score (nSPS) is 11.2. The topological polar surface area (TPSA) is 127 Å². The van der Waals surface area contributed by atoms with Crippen LogP contribution in [0.3, 0.4) is 0 Å². The number of hydrogen-bond donors (Lipinski definition) is 2. The molecule has 0 aromatic carbocycles. The number of unbranched alkanes of at least 4 members (excludes halogenated alkanes) is 1. The van der Waals surface area contributed by atoms with Crippen molar-refractivity contribution >= 4 is 11.9 Å². The molecule has 0 heterocycles. The highest BCUT2D eigenvalue weighted by atomic mass is 16.6. The Hall–Kier alpha value is -2.10. The number of esters is 2. The lowest BCUT2D eigenvalue weighted by Gasteiger charge is -2.17. The number of hydrazine groups is 1. The molecule has 0 saturated carbocycles. The summed E-state index contributed by atoms with van der Waals surface area (Å²) in [5.74, 6) is -0.642. The molecule has 24 heavy (non-hydrogen) atoms. The Bertz CT molecular complexity index is 391. The van der Waals surface area contributed by atoms with Gasteiger partial charge in [-0.2, -0.15) is 0 Å². The molecular weight excluding hydrogens is 320 g/mol. The molecule has 0 aromatic heterocycles. The lowest BCUT2D eigenvalue weighted by molar-refractivity contribution is -0.709. The number of carbonyl (C=O) groups excluding carboxylic acids is 2. The van der Waals surface area contributed by atoms with Crippen LogP contribution < -0.4 is 5.32 Å². The maximum atomic E-state index is 11.4. The summed E-state index contributed by atoms with van der Waals surface area (Å²) < 4.78 is 9.59. The Balaban J connectivity index is 3.87. The van der Waals surface area contributed by atoms with E-state index in [4.69, 9.17) is 14.7 Å². The molecule has 0 saturated heterocycles. The summed E-state index contributed by atoms with van der Waals surface area (Å²) in [5.41, 5.74) is 0. The van der Waals surface area contributed by atoms with Crippen LogP contribution in [-0.2, 0) is 19.1 Å². The van der Waals surface area contributed by atoms with Gasteiger partial charge >= 0.3 is 11.9 Å². The van der Waals surface area contributed by atoms with Crippen LogP contribution >= 0.6 is 0 Å². The second-order valence-electron chi connectivity index (χ2n) is 4.86. The Labute approximate surface area is 141 Å². The minimum atomic E-state index is -0.408. The van der Waals surface area contributed by atoms with Crippen LogP contribution in [0.1, 0.15) is 39.5 Å². The fourth-order valence-electron chi connectivity index (χ4n) is 1.89. The number of carbonyl (C=O) groups is 2. The maximum Gasteiger partial charge on any atom is 0.307 e. The average molecular weight is 348 g/mol. The van der Waals surface area contributed by atoms with Crippen LogP contribution in [0.15, 0.2) is 5.28 Å². The number of rotatable bonds is 14. The molecule has 0 aliphatic heterocycles. The number of nitrogens with zero attached hydrogens (tertiary/aromatic N) is 3. The van der Waals surface area contributed by atoms with E-state index in [0.29, 0.717) is 39.1 Å². The van der Waals surface area contributed by atoms with Gasteiger partial charge in [0.1, 0.15) is 0 Å². The van der Waals surface area contributed by atoms with E-state index >= 15 is 0 Å². The van der Waals surface area contributed by atoms with Gasteiger partial charge in [0.15, 0.2) is 0 Å². The lowest BCUT2D eigenvalue weighted by Crippen LogP contribution is -2.34. The SMILES string of the molecule is CCOC(=O)CCNCCCCN(CCC(=O)OCC)/[N+]([O-])=N/O. The molecule has 10 nitrogen and oxygen atoms in total. The van der Waals surface area contributed by atoms with Crippen molar-refractivity contribution in [2.24, 2.45) is 5.28 Å². The van der Waals surface area contributed by atoms with Gasteiger partial charge in [0.05, 0.1) is 44.1 Å². The molecule has 0 aromatic rings. The molecule has 0 radical (unpaired) electrons. The van der Waals surface area contributed by atoms with Crippen LogP contribution in [0.2, 0.25) is 0 Å². The zero-order valence-electron chi connectivity index (χ0n) is 14.4. The summed E-state index contributed by atoms with van der Waals surface area (Å²) in [6, 6.07) is 0. The second-order valence-corrected chi connectivity index (χ2v) is 4.86. The summed E-state index contributed by atoms with van der Waals surface area (Å²) in [7, 11) is 0. The Kier molecular flexibility index (Phi) is 13.2. The number of hydrogen-bond acceptors (Lipinski definition) is 7. The van der Waals surface area contributed by atoms with Gasteiger partial charge in [0.25, 0.3) is 0 Å². The third-order valence-corrected chi connectivity index (χ3v) is 3.03. The molecule has 0 aliphatic carbocycles. The van der Waals surface area contributed by atoms with E-state index in [0.717, 1.165) is 6.42 Å². The molecular formula is C14H28N4O6. The fraction of sp³-hybridized carbons (Fsp3) is 0.857. The molecule has 0 aliphatic rings. The van der Waals surface area contributed by atoms with Crippen LogP contribution in [0.4, 0.5) is 0 Å². The first-order chi connectivity index (χ1) is 11.5. The quantitative estimate of drug-likeness (QED) is 0.155. The third kappa shape index (κ3) is 11.5. The Morgan fingerprint density at radius 3 is 2.29 bits per heavy atom. The maximum absolute atomic E-state index is 11.4. The van der Waals surface area contributed by atoms with E-state index in [1.54, 1.807) is 13.8 Å². The molecule has 0 amide bonds. The van der Waals surface area contributed by atoms with Gasteiger partial charge in [-0.25, -0.2) is 0 Å². The molecule has 0 spiro atoms. The predicted octanol–water partition coefficient (Wildman–Crippen LogP) is 0.831. The zero-order chi connectivity index (χ0) is 18.2. The van der Waals surface area contributed by atoms with Crippen molar-refractivity contribution in [2.75, 3.05) is 39.4 Å². The van der Waals surface area contributed by atoms with Crippen molar-refractivity contribution in [2.45, 2.75) is 39.5 Å². The van der Waals surface area contributed by atoms with Gasteiger partial charge in [-0.3, -0.25) is 9.59 Å². The van der Waals surface area contributed by atoms with Crippen molar-refractivity contribution in [3.8, 4) is 0 Å². The average Bonchev–Trinajstić information content (AvgIpc) is 2.56. The molecule has 0 unspecified atom stereocenters. The largest absolute Gasteiger partial charge is 0.569 e. The van der Waals surface area contributed by atoms with Crippen LogP contribution in [0.5, 0.6) is 0 Å². The first-order valence-corrected chi connectivity index (χ1v) is 8.14. The molecule has 140 valence electrons. The molecule has 0 bridgehead atoms. The van der Waals surface area contributed by atoms with E-state index in [-0.39, 0.29) is 30.5 Å². The zero-order valence-corrected chi connectivity index (χ0v) is 14.4. The van der Waals surface area contributed by atoms with Crippen molar-refractivity contribution in [1.82, 2.24) is 10.3 Å². The van der Waals surface area contributed by atoms with Gasteiger partial charge in [-0.05, 0) is 33.2 Å². The van der Waals surface area contributed by atoms with Crippen molar-refractivity contribution in [3.63, 3.8) is 0 Å². The monoisotopic (exact) mass is 348 g/mol. The minimum absolute atomic E-state index is 0.0416. The van der Waals surface area contributed by atoms with Crippen molar-refractivity contribution in [1.29, 1.82) is 0 Å². The molecule has 10 heteroatoms. The lowest BCUT2D eigenvalue weighted by atomic mass is 10.3. The van der Waals surface area contributed by atoms with Crippen LogP contribution in [-0.4, -0.2) is 66.5 Å². The standard InChI is InChI=1S/C14H28N4O6/c1-3-23-13(19)7-10-15-9-5-6-11-17(18(22)16-21)12-8-14(20)24-4-2/h15,21H,3-12H2,1-2H3/b18-16-. The van der Waals surface area contributed by atoms with Crippen molar-refractivity contribution in [3.05, 3.63) is 5.21 Å². The van der Waals surface area contributed by atoms with Crippen LogP contribution in [0, 0.1) is 5.21 Å². The molecule has 0 atom stereocenters. The Morgan fingerprint density at radius 1 is 1.08 bits per heavy atom. The molecule has 0 fully saturated rings. The summed E-state index contributed by atoms with van der Waals surface area (Å²) in [4.78, 5) is 22.5. The smallest absolute Gasteiger partial charge is 0.307 e. The first kappa shape index (κ1) is 21.9. The van der Waals surface area contributed by atoms with Crippen molar-refractivity contribution < 1.29 is 29.2 Å². The van der Waals surface area contributed by atoms with E-state index in [9.17, 15) is 14.8 Å². The number of ether oxygens (including phenoxy) is 2. The fourth-order valence-corrected chi connectivity index (χ4v) is 1.89. The van der Waals surface area contributed by atoms with Gasteiger partial charge < -0.3 is 25.2 Å². The molecule has 0 rings (SSSR count). The van der Waals surface area contributed by atoms with Gasteiger partial charge in [-0.1, -0.05) is 0 Å². The highest BCUT2D eigenvalue weighted by Crippen LogP contribution is 2.00. The highest BCUT2D eigenvalue weighted by molar-refractivity contribution is 5.69.